The highest BCUT2D eigenvalue weighted by molar-refractivity contribution is 7.89. The summed E-state index contributed by atoms with van der Waals surface area (Å²) in [4.78, 5) is 0.0388. The summed E-state index contributed by atoms with van der Waals surface area (Å²) in [5.74, 6) is 0.264. The topological polar surface area (TPSA) is 55.4 Å². The Morgan fingerprint density at radius 2 is 1.86 bits per heavy atom. The lowest BCUT2D eigenvalue weighted by atomic mass is 10.1. The molecule has 0 radical (unpaired) electrons. The molecule has 0 aliphatic rings. The van der Waals surface area contributed by atoms with Gasteiger partial charge in [0, 0.05) is 11.1 Å². The fourth-order valence-corrected chi connectivity index (χ4v) is 3.92. The predicted octanol–water partition coefficient (Wildman–Crippen LogP) is 3.78. The molecule has 0 aromatic heterocycles. The molecule has 1 N–H and O–H groups in total. The minimum atomic E-state index is -3.74. The third kappa shape index (κ3) is 3.80. The van der Waals surface area contributed by atoms with Gasteiger partial charge in [-0.3, -0.25) is 0 Å². The second-order valence-corrected chi connectivity index (χ2v) is 6.91. The Bertz CT molecular complexity index is 732. The van der Waals surface area contributed by atoms with E-state index in [4.69, 9.17) is 16.3 Å². The van der Waals surface area contributed by atoms with Gasteiger partial charge < -0.3 is 4.74 Å². The van der Waals surface area contributed by atoms with Crippen LogP contribution in [0.1, 0.15) is 24.9 Å². The molecule has 2 aromatic carbocycles. The normalized spacial score (nSPS) is 12.9. The summed E-state index contributed by atoms with van der Waals surface area (Å²) in [6.07, 6.45) is 0.631. The van der Waals surface area contributed by atoms with E-state index < -0.39 is 10.0 Å². The zero-order valence-corrected chi connectivity index (χ0v) is 14.0. The smallest absolute Gasteiger partial charge is 0.244 e. The lowest BCUT2D eigenvalue weighted by molar-refractivity contribution is 0.402. The molecule has 0 aliphatic carbocycles. The van der Waals surface area contributed by atoms with E-state index >= 15 is 0 Å². The van der Waals surface area contributed by atoms with Crippen molar-refractivity contribution in [2.75, 3.05) is 7.11 Å². The van der Waals surface area contributed by atoms with Crippen LogP contribution in [0.25, 0.3) is 0 Å². The molecule has 1 atom stereocenters. The number of hydrogen-bond acceptors (Lipinski definition) is 3. The van der Waals surface area contributed by atoms with Crippen LogP contribution in [0.3, 0.4) is 0 Å². The van der Waals surface area contributed by atoms with Gasteiger partial charge >= 0.3 is 0 Å². The highest BCUT2D eigenvalue weighted by atomic mass is 35.5. The van der Waals surface area contributed by atoms with Crippen LogP contribution in [0.4, 0.5) is 0 Å². The van der Waals surface area contributed by atoms with Gasteiger partial charge in [-0.05, 0) is 30.2 Å². The summed E-state index contributed by atoms with van der Waals surface area (Å²) in [6, 6.07) is 13.7. The number of benzene rings is 2. The van der Waals surface area contributed by atoms with Crippen molar-refractivity contribution in [1.82, 2.24) is 4.72 Å². The lowest BCUT2D eigenvalue weighted by Crippen LogP contribution is -2.28. The van der Waals surface area contributed by atoms with Gasteiger partial charge in [0.25, 0.3) is 0 Å². The SMILES string of the molecule is CC[C@H](NS(=O)(=O)c1cc(Cl)ccc1OC)c1ccccc1. The maximum atomic E-state index is 12.7. The van der Waals surface area contributed by atoms with Gasteiger partial charge in [0.15, 0.2) is 0 Å². The quantitative estimate of drug-likeness (QED) is 0.871. The minimum Gasteiger partial charge on any atom is -0.495 e. The zero-order chi connectivity index (χ0) is 16.2. The predicted molar refractivity (Wildman–Crippen MR) is 87.8 cm³/mol. The molecule has 4 nitrogen and oxygen atoms in total. The Hall–Kier alpha value is -1.56. The first-order chi connectivity index (χ1) is 10.5. The van der Waals surface area contributed by atoms with Gasteiger partial charge in [-0.1, -0.05) is 48.9 Å². The van der Waals surface area contributed by atoms with E-state index in [0.29, 0.717) is 11.4 Å². The van der Waals surface area contributed by atoms with Crippen LogP contribution >= 0.6 is 11.6 Å². The number of methoxy groups -OCH3 is 1. The Labute approximate surface area is 136 Å². The van der Waals surface area contributed by atoms with Crippen LogP contribution in [-0.2, 0) is 10.0 Å². The first kappa shape index (κ1) is 16.8. The van der Waals surface area contributed by atoms with Gasteiger partial charge in [0.2, 0.25) is 10.0 Å². The van der Waals surface area contributed by atoms with Crippen molar-refractivity contribution in [3.63, 3.8) is 0 Å². The number of halogens is 1. The molecule has 0 saturated heterocycles. The van der Waals surface area contributed by atoms with E-state index in [9.17, 15) is 8.42 Å². The molecule has 0 amide bonds. The summed E-state index contributed by atoms with van der Waals surface area (Å²) in [5.41, 5.74) is 0.912. The van der Waals surface area contributed by atoms with E-state index in [2.05, 4.69) is 4.72 Å². The second kappa shape index (κ2) is 7.13. The van der Waals surface area contributed by atoms with Crippen LogP contribution in [0.2, 0.25) is 5.02 Å². The summed E-state index contributed by atoms with van der Waals surface area (Å²) in [6.45, 7) is 1.93. The molecule has 0 bridgehead atoms. The number of sulfonamides is 1. The molecular weight excluding hydrogens is 322 g/mol. The lowest BCUT2D eigenvalue weighted by Gasteiger charge is -2.18. The molecule has 0 unspecified atom stereocenters. The molecule has 22 heavy (non-hydrogen) atoms. The molecule has 0 spiro atoms. The van der Waals surface area contributed by atoms with E-state index in [0.717, 1.165) is 5.56 Å². The van der Waals surface area contributed by atoms with Crippen molar-refractivity contribution in [3.05, 3.63) is 59.1 Å². The minimum absolute atomic E-state index is 0.0388. The standard InChI is InChI=1S/C16H18ClNO3S/c1-3-14(12-7-5-4-6-8-12)18-22(19,20)16-11-13(17)9-10-15(16)21-2/h4-11,14,18H,3H2,1-2H3/t14-/m0/s1. The molecule has 2 aromatic rings. The van der Waals surface area contributed by atoms with E-state index in [1.807, 2.05) is 37.3 Å². The van der Waals surface area contributed by atoms with Crippen molar-refractivity contribution in [2.24, 2.45) is 0 Å². The van der Waals surface area contributed by atoms with Crippen molar-refractivity contribution in [1.29, 1.82) is 0 Å². The number of hydrogen-bond donors (Lipinski definition) is 1. The molecule has 0 heterocycles. The Morgan fingerprint density at radius 3 is 2.45 bits per heavy atom. The van der Waals surface area contributed by atoms with E-state index in [1.54, 1.807) is 12.1 Å². The van der Waals surface area contributed by atoms with Crippen LogP contribution < -0.4 is 9.46 Å². The van der Waals surface area contributed by atoms with Gasteiger partial charge in [-0.2, -0.15) is 0 Å². The third-order valence-corrected chi connectivity index (χ3v) is 5.05. The Balaban J connectivity index is 2.37. The molecule has 6 heteroatoms. The summed E-state index contributed by atoms with van der Waals surface area (Å²) < 4.78 is 33.2. The first-order valence-electron chi connectivity index (χ1n) is 6.88. The van der Waals surface area contributed by atoms with E-state index in [-0.39, 0.29) is 16.7 Å². The van der Waals surface area contributed by atoms with Crippen molar-refractivity contribution >= 4 is 21.6 Å². The average molecular weight is 340 g/mol. The number of nitrogens with one attached hydrogen (secondary N) is 1. The molecule has 0 fully saturated rings. The van der Waals surface area contributed by atoms with Gasteiger partial charge in [0.05, 0.1) is 7.11 Å². The highest BCUT2D eigenvalue weighted by Crippen LogP contribution is 2.29. The molecule has 0 saturated carbocycles. The summed E-state index contributed by atoms with van der Waals surface area (Å²) in [5, 5.41) is 0.342. The van der Waals surface area contributed by atoms with Crippen LogP contribution in [0, 0.1) is 0 Å². The van der Waals surface area contributed by atoms with Crippen molar-refractivity contribution in [2.45, 2.75) is 24.3 Å². The maximum absolute atomic E-state index is 12.7. The average Bonchev–Trinajstić information content (AvgIpc) is 2.53. The first-order valence-corrected chi connectivity index (χ1v) is 8.75. The van der Waals surface area contributed by atoms with Crippen molar-refractivity contribution < 1.29 is 13.2 Å². The Kier molecular flexibility index (Phi) is 5.45. The molecular formula is C16H18ClNO3S. The highest BCUT2D eigenvalue weighted by Gasteiger charge is 2.24. The fourth-order valence-electron chi connectivity index (χ4n) is 2.18. The number of rotatable bonds is 6. The van der Waals surface area contributed by atoms with Gasteiger partial charge in [-0.15, -0.1) is 0 Å². The van der Waals surface area contributed by atoms with Crippen molar-refractivity contribution in [3.8, 4) is 5.75 Å². The van der Waals surface area contributed by atoms with Crippen LogP contribution in [0.5, 0.6) is 5.75 Å². The second-order valence-electron chi connectivity index (χ2n) is 4.79. The maximum Gasteiger partial charge on any atom is 0.244 e. The molecule has 2 rings (SSSR count). The van der Waals surface area contributed by atoms with Crippen LogP contribution in [0.15, 0.2) is 53.4 Å². The van der Waals surface area contributed by atoms with Gasteiger partial charge in [0.1, 0.15) is 10.6 Å². The van der Waals surface area contributed by atoms with Gasteiger partial charge in [-0.25, -0.2) is 13.1 Å². The van der Waals surface area contributed by atoms with Crippen LogP contribution in [-0.4, -0.2) is 15.5 Å². The summed E-state index contributed by atoms with van der Waals surface area (Å²) >= 11 is 5.92. The third-order valence-electron chi connectivity index (χ3n) is 3.32. The number of ether oxygens (including phenoxy) is 1. The fraction of sp³-hybridized carbons (Fsp3) is 0.250. The molecule has 0 aliphatic heterocycles. The zero-order valence-electron chi connectivity index (χ0n) is 12.4. The monoisotopic (exact) mass is 339 g/mol. The Morgan fingerprint density at radius 1 is 1.18 bits per heavy atom. The summed E-state index contributed by atoms with van der Waals surface area (Å²) in [7, 11) is -2.32. The van der Waals surface area contributed by atoms with E-state index in [1.165, 1.54) is 13.2 Å². The molecule has 118 valence electrons. The largest absolute Gasteiger partial charge is 0.495 e.